The van der Waals surface area contributed by atoms with Gasteiger partial charge in [-0.05, 0) is 59.7 Å². The number of nitriles is 1. The molecule has 0 amide bonds. The molecule has 0 aliphatic carbocycles. The van der Waals surface area contributed by atoms with E-state index in [0.717, 1.165) is 66.6 Å². The molecular formula is C53H33N5. The highest BCUT2D eigenvalue weighted by atomic mass is 15.0. The first-order valence-electron chi connectivity index (χ1n) is 19.4. The lowest BCUT2D eigenvalue weighted by molar-refractivity contribution is 1.13. The van der Waals surface area contributed by atoms with Gasteiger partial charge in [-0.3, -0.25) is 0 Å². The maximum absolute atomic E-state index is 10.7. The van der Waals surface area contributed by atoms with Crippen LogP contribution in [0.3, 0.4) is 0 Å². The van der Waals surface area contributed by atoms with Crippen molar-refractivity contribution in [2.45, 2.75) is 0 Å². The molecule has 3 aromatic heterocycles. The summed E-state index contributed by atoms with van der Waals surface area (Å²) in [5.41, 5.74) is 12.9. The lowest BCUT2D eigenvalue weighted by atomic mass is 9.98. The zero-order valence-corrected chi connectivity index (χ0v) is 31.3. The summed E-state index contributed by atoms with van der Waals surface area (Å²) in [6.07, 6.45) is 0. The van der Waals surface area contributed by atoms with Crippen molar-refractivity contribution in [2.24, 2.45) is 0 Å². The van der Waals surface area contributed by atoms with E-state index in [1.807, 2.05) is 66.7 Å². The normalized spacial score (nSPS) is 11.4. The lowest BCUT2D eigenvalue weighted by Crippen LogP contribution is -2.04. The number of fused-ring (bicyclic) bond motifs is 7. The Kier molecular flexibility index (Phi) is 7.80. The van der Waals surface area contributed by atoms with Crippen LogP contribution in [-0.4, -0.2) is 19.1 Å². The van der Waals surface area contributed by atoms with Crippen LogP contribution in [0.5, 0.6) is 0 Å². The van der Waals surface area contributed by atoms with Gasteiger partial charge in [-0.2, -0.15) is 5.26 Å². The van der Waals surface area contributed by atoms with E-state index in [9.17, 15) is 5.26 Å². The number of nitrogens with zero attached hydrogens (tertiary/aromatic N) is 5. The molecule has 0 N–H and O–H groups in total. The standard InChI is InChI=1S/C53H33N5/c54-34-43-51(36-19-7-2-8-20-36)55-53(56-52(43)37-21-9-3-10-22-37)42-33-38(35-17-5-1-6-18-35)29-30-46(42)58-45-28-16-14-26-41(45)50-48(58)32-31-47-49(50)40-25-13-15-27-44(40)57(47)39-23-11-4-12-24-39/h1-33H. The molecule has 0 aliphatic heterocycles. The van der Waals surface area contributed by atoms with E-state index >= 15 is 0 Å². The summed E-state index contributed by atoms with van der Waals surface area (Å²) in [4.78, 5) is 10.6. The van der Waals surface area contributed by atoms with Gasteiger partial charge in [-0.1, -0.05) is 152 Å². The average Bonchev–Trinajstić information content (AvgIpc) is 3.82. The number of benzene rings is 8. The minimum Gasteiger partial charge on any atom is -0.309 e. The van der Waals surface area contributed by atoms with Gasteiger partial charge in [0.05, 0.1) is 39.1 Å². The van der Waals surface area contributed by atoms with Gasteiger partial charge in [-0.25, -0.2) is 9.97 Å². The Labute approximate surface area is 335 Å². The van der Waals surface area contributed by atoms with Crippen LogP contribution in [0.1, 0.15) is 5.56 Å². The molecule has 0 unspecified atom stereocenters. The fraction of sp³-hybridized carbons (Fsp3) is 0. The summed E-state index contributed by atoms with van der Waals surface area (Å²) < 4.78 is 4.74. The molecule has 11 aromatic rings. The molecule has 58 heavy (non-hydrogen) atoms. The SMILES string of the molecule is N#Cc1c(-c2ccccc2)nc(-c2cc(-c3ccccc3)ccc2-n2c3ccccc3c3c4c5ccccc5n(-c5ccccc5)c4ccc32)nc1-c1ccccc1. The number of hydrogen-bond acceptors (Lipinski definition) is 3. The first-order valence-corrected chi connectivity index (χ1v) is 19.4. The van der Waals surface area contributed by atoms with Gasteiger partial charge in [0.1, 0.15) is 11.6 Å². The van der Waals surface area contributed by atoms with E-state index in [1.165, 1.54) is 16.2 Å². The molecule has 0 atom stereocenters. The van der Waals surface area contributed by atoms with E-state index in [1.54, 1.807) is 0 Å². The fourth-order valence-corrected chi connectivity index (χ4v) is 8.65. The largest absolute Gasteiger partial charge is 0.309 e. The maximum Gasteiger partial charge on any atom is 0.162 e. The zero-order valence-electron chi connectivity index (χ0n) is 31.3. The van der Waals surface area contributed by atoms with Crippen LogP contribution in [0.15, 0.2) is 200 Å². The fourth-order valence-electron chi connectivity index (χ4n) is 8.65. The molecule has 0 aliphatic rings. The smallest absolute Gasteiger partial charge is 0.162 e. The van der Waals surface area contributed by atoms with Crippen molar-refractivity contribution in [3.63, 3.8) is 0 Å². The number of para-hydroxylation sites is 3. The van der Waals surface area contributed by atoms with Crippen molar-refractivity contribution in [2.75, 3.05) is 0 Å². The Bertz CT molecular complexity index is 3320. The third-order valence-corrected chi connectivity index (χ3v) is 11.2. The summed E-state index contributed by atoms with van der Waals surface area (Å²) >= 11 is 0. The summed E-state index contributed by atoms with van der Waals surface area (Å²) in [6.45, 7) is 0. The number of rotatable bonds is 6. The second kappa shape index (κ2) is 13.6. The van der Waals surface area contributed by atoms with E-state index < -0.39 is 0 Å². The molecule has 0 fully saturated rings. The van der Waals surface area contributed by atoms with E-state index in [-0.39, 0.29) is 0 Å². The van der Waals surface area contributed by atoms with Gasteiger partial charge in [0.15, 0.2) is 5.82 Å². The quantitative estimate of drug-likeness (QED) is 0.171. The summed E-state index contributed by atoms with van der Waals surface area (Å²) in [5.74, 6) is 0.539. The van der Waals surface area contributed by atoms with Crippen LogP contribution < -0.4 is 0 Å². The van der Waals surface area contributed by atoms with Crippen molar-refractivity contribution in [3.8, 4) is 62.5 Å². The molecule has 0 saturated carbocycles. The number of aromatic nitrogens is 4. The molecule has 0 spiro atoms. The Balaban J connectivity index is 1.26. The summed E-state index contributed by atoms with van der Waals surface area (Å²) in [7, 11) is 0. The average molecular weight is 740 g/mol. The predicted molar refractivity (Wildman–Crippen MR) is 237 cm³/mol. The highest BCUT2D eigenvalue weighted by Crippen LogP contribution is 2.44. The van der Waals surface area contributed by atoms with Crippen molar-refractivity contribution in [1.29, 1.82) is 5.26 Å². The summed E-state index contributed by atoms with van der Waals surface area (Å²) in [6, 6.07) is 71.9. The van der Waals surface area contributed by atoms with E-state index in [4.69, 9.17) is 9.97 Å². The second-order valence-corrected chi connectivity index (χ2v) is 14.5. The van der Waals surface area contributed by atoms with Gasteiger partial charge in [-0.15, -0.1) is 0 Å². The van der Waals surface area contributed by atoms with Crippen molar-refractivity contribution < 1.29 is 0 Å². The molecule has 3 heterocycles. The molecule has 0 saturated heterocycles. The second-order valence-electron chi connectivity index (χ2n) is 14.5. The molecule has 8 aromatic carbocycles. The Hall–Kier alpha value is -8.07. The van der Waals surface area contributed by atoms with Gasteiger partial charge >= 0.3 is 0 Å². The van der Waals surface area contributed by atoms with Crippen LogP contribution >= 0.6 is 0 Å². The molecule has 11 rings (SSSR count). The minimum absolute atomic E-state index is 0.441. The Morgan fingerprint density at radius 1 is 0.397 bits per heavy atom. The molecular weight excluding hydrogens is 707 g/mol. The van der Waals surface area contributed by atoms with Gasteiger partial charge in [0.2, 0.25) is 0 Å². The first-order chi connectivity index (χ1) is 28.8. The third kappa shape index (κ3) is 5.24. The Morgan fingerprint density at radius 2 is 0.862 bits per heavy atom. The maximum atomic E-state index is 10.7. The van der Waals surface area contributed by atoms with Crippen LogP contribution in [0, 0.1) is 11.3 Å². The van der Waals surface area contributed by atoms with Crippen LogP contribution in [-0.2, 0) is 0 Å². The van der Waals surface area contributed by atoms with Gasteiger partial charge in [0.25, 0.3) is 0 Å². The van der Waals surface area contributed by atoms with E-state index in [0.29, 0.717) is 22.8 Å². The van der Waals surface area contributed by atoms with Gasteiger partial charge in [0, 0.05) is 43.9 Å². The van der Waals surface area contributed by atoms with Crippen molar-refractivity contribution in [1.82, 2.24) is 19.1 Å². The molecule has 0 radical (unpaired) electrons. The molecule has 0 bridgehead atoms. The lowest BCUT2D eigenvalue weighted by Gasteiger charge is -2.17. The van der Waals surface area contributed by atoms with E-state index in [2.05, 4.69) is 149 Å². The molecule has 270 valence electrons. The zero-order chi connectivity index (χ0) is 38.6. The monoisotopic (exact) mass is 739 g/mol. The van der Waals surface area contributed by atoms with Crippen LogP contribution in [0.4, 0.5) is 0 Å². The van der Waals surface area contributed by atoms with Crippen molar-refractivity contribution >= 4 is 43.6 Å². The Morgan fingerprint density at radius 3 is 1.41 bits per heavy atom. The van der Waals surface area contributed by atoms with Crippen molar-refractivity contribution in [3.05, 3.63) is 206 Å². The molecule has 5 heteroatoms. The first kappa shape index (κ1) is 33.3. The summed E-state index contributed by atoms with van der Waals surface area (Å²) in [5, 5.41) is 15.5. The topological polar surface area (TPSA) is 59.4 Å². The highest BCUT2D eigenvalue weighted by Gasteiger charge is 2.24. The van der Waals surface area contributed by atoms with Crippen LogP contribution in [0.25, 0.3) is 100 Å². The minimum atomic E-state index is 0.441. The third-order valence-electron chi connectivity index (χ3n) is 11.2. The van der Waals surface area contributed by atoms with Crippen LogP contribution in [0.2, 0.25) is 0 Å². The molecule has 5 nitrogen and oxygen atoms in total. The highest BCUT2D eigenvalue weighted by molar-refractivity contribution is 6.29. The van der Waals surface area contributed by atoms with Gasteiger partial charge < -0.3 is 9.13 Å². The number of hydrogen-bond donors (Lipinski definition) is 0. The predicted octanol–water partition coefficient (Wildman–Crippen LogP) is 13.2.